The molecule has 0 unspecified atom stereocenters. The van der Waals surface area contributed by atoms with Crippen LogP contribution in [0.1, 0.15) is 16.8 Å². The quantitative estimate of drug-likeness (QED) is 0.648. The Morgan fingerprint density at radius 1 is 1.47 bits per heavy atom. The number of methoxy groups -OCH3 is 1. The summed E-state index contributed by atoms with van der Waals surface area (Å²) in [7, 11) is 1.50. The van der Waals surface area contributed by atoms with Gasteiger partial charge in [0.25, 0.3) is 5.91 Å². The van der Waals surface area contributed by atoms with Gasteiger partial charge in [0.05, 0.1) is 19.1 Å². The van der Waals surface area contributed by atoms with Crippen LogP contribution < -0.4 is 15.8 Å². The Kier molecular flexibility index (Phi) is 4.33. The van der Waals surface area contributed by atoms with E-state index in [1.54, 1.807) is 6.07 Å². The largest absolute Gasteiger partial charge is 0.497 e. The minimum Gasteiger partial charge on any atom is -0.497 e. The number of hydrogen-bond acceptors (Lipinski definition) is 4. The Morgan fingerprint density at radius 3 is 2.71 bits per heavy atom. The molecule has 1 aromatic carbocycles. The molecule has 0 radical (unpaired) electrons. The van der Waals surface area contributed by atoms with Crippen molar-refractivity contribution in [1.82, 2.24) is 5.32 Å². The maximum Gasteiger partial charge on any atom is 0.305 e. The van der Waals surface area contributed by atoms with Gasteiger partial charge in [-0.15, -0.1) is 0 Å². The lowest BCUT2D eigenvalue weighted by Crippen LogP contribution is -2.26. The first-order chi connectivity index (χ1) is 8.04. The maximum atomic E-state index is 11.6. The number of benzene rings is 1. The topological polar surface area (TPSA) is 102 Å². The van der Waals surface area contributed by atoms with Gasteiger partial charge < -0.3 is 20.9 Å². The molecule has 0 atom stereocenters. The van der Waals surface area contributed by atoms with Gasteiger partial charge in [-0.05, 0) is 12.1 Å². The number of nitrogens with two attached hydrogens (primary N) is 1. The Labute approximate surface area is 98.4 Å². The number of carboxylic acid groups (broad SMARTS) is 1. The molecule has 0 aliphatic carbocycles. The van der Waals surface area contributed by atoms with Crippen LogP contribution in [0.2, 0.25) is 0 Å². The van der Waals surface area contributed by atoms with Gasteiger partial charge >= 0.3 is 5.97 Å². The first-order valence-electron chi connectivity index (χ1n) is 4.98. The number of carbonyl (C=O) groups is 2. The van der Waals surface area contributed by atoms with Crippen LogP contribution in [0.15, 0.2) is 18.2 Å². The van der Waals surface area contributed by atoms with Crippen molar-refractivity contribution in [2.45, 2.75) is 6.42 Å². The van der Waals surface area contributed by atoms with E-state index >= 15 is 0 Å². The first kappa shape index (κ1) is 12.8. The van der Waals surface area contributed by atoms with Crippen LogP contribution in [-0.2, 0) is 4.79 Å². The maximum absolute atomic E-state index is 11.6. The lowest BCUT2D eigenvalue weighted by Gasteiger charge is -2.08. The molecule has 0 fully saturated rings. The second-order valence-corrected chi connectivity index (χ2v) is 3.35. The number of carbonyl (C=O) groups excluding carboxylic acids is 1. The second-order valence-electron chi connectivity index (χ2n) is 3.35. The van der Waals surface area contributed by atoms with Gasteiger partial charge in [0.2, 0.25) is 0 Å². The third-order valence-corrected chi connectivity index (χ3v) is 2.13. The van der Waals surface area contributed by atoms with Crippen LogP contribution in [0.25, 0.3) is 0 Å². The molecule has 1 aromatic rings. The van der Waals surface area contributed by atoms with Crippen molar-refractivity contribution in [2.24, 2.45) is 0 Å². The SMILES string of the molecule is COc1ccc(C(=O)NCCC(=O)O)c(N)c1. The summed E-state index contributed by atoms with van der Waals surface area (Å²) in [6.45, 7) is 0.0691. The molecule has 0 aromatic heterocycles. The average molecular weight is 238 g/mol. The highest BCUT2D eigenvalue weighted by Crippen LogP contribution is 2.19. The van der Waals surface area contributed by atoms with Crippen molar-refractivity contribution in [3.05, 3.63) is 23.8 Å². The molecule has 4 N–H and O–H groups in total. The summed E-state index contributed by atoms with van der Waals surface area (Å²) in [5.41, 5.74) is 6.26. The van der Waals surface area contributed by atoms with Crippen molar-refractivity contribution in [1.29, 1.82) is 0 Å². The highest BCUT2D eigenvalue weighted by atomic mass is 16.5. The van der Waals surface area contributed by atoms with Crippen molar-refractivity contribution in [3.8, 4) is 5.75 Å². The van der Waals surface area contributed by atoms with Gasteiger partial charge in [0, 0.05) is 18.3 Å². The molecular formula is C11H14N2O4. The van der Waals surface area contributed by atoms with Crippen LogP contribution in [0.4, 0.5) is 5.69 Å². The van der Waals surface area contributed by atoms with Crippen LogP contribution in [0.5, 0.6) is 5.75 Å². The van der Waals surface area contributed by atoms with E-state index in [2.05, 4.69) is 5.32 Å². The van der Waals surface area contributed by atoms with Crippen LogP contribution in [-0.4, -0.2) is 30.6 Å². The summed E-state index contributed by atoms with van der Waals surface area (Å²) in [4.78, 5) is 21.9. The Hall–Kier alpha value is -2.24. The second kappa shape index (κ2) is 5.74. The normalized spacial score (nSPS) is 9.71. The predicted molar refractivity (Wildman–Crippen MR) is 62.0 cm³/mol. The van der Waals surface area contributed by atoms with Crippen LogP contribution >= 0.6 is 0 Å². The van der Waals surface area contributed by atoms with E-state index in [1.807, 2.05) is 0 Å². The third-order valence-electron chi connectivity index (χ3n) is 2.13. The monoisotopic (exact) mass is 238 g/mol. The van der Waals surface area contributed by atoms with E-state index in [9.17, 15) is 9.59 Å². The first-order valence-corrected chi connectivity index (χ1v) is 4.98. The van der Waals surface area contributed by atoms with Crippen LogP contribution in [0, 0.1) is 0 Å². The molecule has 0 heterocycles. The third kappa shape index (κ3) is 3.67. The minimum absolute atomic E-state index is 0.0691. The van der Waals surface area contributed by atoms with Gasteiger partial charge in [0.15, 0.2) is 0 Å². The lowest BCUT2D eigenvalue weighted by molar-refractivity contribution is -0.136. The number of aliphatic carboxylic acids is 1. The fourth-order valence-corrected chi connectivity index (χ4v) is 1.25. The average Bonchev–Trinajstić information content (AvgIpc) is 2.28. The molecule has 0 spiro atoms. The number of anilines is 1. The fraction of sp³-hybridized carbons (Fsp3) is 0.273. The molecule has 1 amide bonds. The standard InChI is InChI=1S/C11H14N2O4/c1-17-7-2-3-8(9(12)6-7)11(16)13-5-4-10(14)15/h2-3,6H,4-5,12H2,1H3,(H,13,16)(H,14,15). The number of rotatable bonds is 5. The van der Waals surface area contributed by atoms with Gasteiger partial charge in [-0.2, -0.15) is 0 Å². The van der Waals surface area contributed by atoms with Gasteiger partial charge in [-0.25, -0.2) is 0 Å². The minimum atomic E-state index is -0.965. The molecule has 0 aliphatic rings. The summed E-state index contributed by atoms with van der Waals surface area (Å²) in [5.74, 6) is -0.802. The number of nitrogen functional groups attached to an aromatic ring is 1. The Balaban J connectivity index is 2.66. The van der Waals surface area contributed by atoms with Crippen LogP contribution in [0.3, 0.4) is 0 Å². The zero-order valence-electron chi connectivity index (χ0n) is 9.40. The Morgan fingerprint density at radius 2 is 2.18 bits per heavy atom. The van der Waals surface area contributed by atoms with Crippen molar-refractivity contribution >= 4 is 17.6 Å². The molecule has 0 aliphatic heterocycles. The molecule has 1 rings (SSSR count). The molecule has 0 saturated carbocycles. The molecule has 6 heteroatoms. The van der Waals surface area contributed by atoms with Crippen molar-refractivity contribution < 1.29 is 19.4 Å². The summed E-state index contributed by atoms with van der Waals surface area (Å²) >= 11 is 0. The predicted octanol–water partition coefficient (Wildman–Crippen LogP) is 0.482. The van der Waals surface area contributed by atoms with Gasteiger partial charge in [0.1, 0.15) is 5.75 Å². The van der Waals surface area contributed by atoms with Gasteiger partial charge in [-0.1, -0.05) is 0 Å². The highest BCUT2D eigenvalue weighted by Gasteiger charge is 2.10. The lowest BCUT2D eigenvalue weighted by atomic mass is 10.1. The zero-order chi connectivity index (χ0) is 12.8. The smallest absolute Gasteiger partial charge is 0.305 e. The summed E-state index contributed by atoms with van der Waals surface area (Å²) in [6, 6.07) is 4.68. The number of amides is 1. The highest BCUT2D eigenvalue weighted by molar-refractivity contribution is 5.99. The van der Waals surface area contributed by atoms with Crippen molar-refractivity contribution in [2.75, 3.05) is 19.4 Å². The summed E-state index contributed by atoms with van der Waals surface area (Å²) < 4.78 is 4.95. The molecule has 0 bridgehead atoms. The number of nitrogens with one attached hydrogen (secondary N) is 1. The molecular weight excluding hydrogens is 224 g/mol. The molecule has 6 nitrogen and oxygen atoms in total. The Bertz CT molecular complexity index is 431. The van der Waals surface area contributed by atoms with E-state index in [-0.39, 0.29) is 18.7 Å². The van der Waals surface area contributed by atoms with Crippen molar-refractivity contribution in [3.63, 3.8) is 0 Å². The number of ether oxygens (including phenoxy) is 1. The molecule has 92 valence electrons. The number of carboxylic acids is 1. The zero-order valence-corrected chi connectivity index (χ0v) is 9.40. The van der Waals surface area contributed by atoms with Gasteiger partial charge in [-0.3, -0.25) is 9.59 Å². The fourth-order valence-electron chi connectivity index (χ4n) is 1.25. The van der Waals surface area contributed by atoms with E-state index < -0.39 is 11.9 Å². The number of hydrogen-bond donors (Lipinski definition) is 3. The summed E-state index contributed by atoms with van der Waals surface area (Å²) in [6.07, 6.45) is -0.123. The van der Waals surface area contributed by atoms with E-state index in [0.717, 1.165) is 0 Å². The van der Waals surface area contributed by atoms with E-state index in [4.69, 9.17) is 15.6 Å². The summed E-state index contributed by atoms with van der Waals surface area (Å²) in [5, 5.41) is 10.9. The van der Waals surface area contributed by atoms with E-state index in [0.29, 0.717) is 11.3 Å². The molecule has 0 saturated heterocycles. The van der Waals surface area contributed by atoms with E-state index in [1.165, 1.54) is 19.2 Å². The molecule has 17 heavy (non-hydrogen) atoms.